The molecule has 0 unspecified atom stereocenters. The lowest BCUT2D eigenvalue weighted by atomic mass is 10.1. The van der Waals surface area contributed by atoms with Crippen molar-refractivity contribution in [2.24, 2.45) is 0 Å². The molecule has 1 fully saturated rings. The highest BCUT2D eigenvalue weighted by Crippen LogP contribution is 2.22. The Morgan fingerprint density at radius 1 is 1.00 bits per heavy atom. The minimum Gasteiger partial charge on any atom is -0.457 e. The van der Waals surface area contributed by atoms with Crippen LogP contribution in [0.4, 0.5) is 0 Å². The number of aryl methyl sites for hydroxylation is 1. The molecule has 0 aliphatic carbocycles. The largest absolute Gasteiger partial charge is 0.457 e. The Kier molecular flexibility index (Phi) is 7.00. The molecule has 1 saturated heterocycles. The fourth-order valence-corrected chi connectivity index (χ4v) is 5.08. The fraction of sp³-hybridized carbons (Fsp3) is 0.292. The predicted molar refractivity (Wildman–Crippen MR) is 120 cm³/mol. The minimum atomic E-state index is -3.53. The van der Waals surface area contributed by atoms with E-state index in [2.05, 4.69) is 4.98 Å². The first-order chi connectivity index (χ1) is 15.9. The lowest BCUT2D eigenvalue weighted by molar-refractivity contribution is -0.142. The predicted octanol–water partition coefficient (Wildman–Crippen LogP) is 3.48. The van der Waals surface area contributed by atoms with E-state index in [0.29, 0.717) is 24.7 Å². The molecule has 0 amide bonds. The van der Waals surface area contributed by atoms with Crippen molar-refractivity contribution in [1.29, 1.82) is 0 Å². The molecule has 1 aliphatic heterocycles. The number of oxazole rings is 1. The van der Waals surface area contributed by atoms with Crippen LogP contribution >= 0.6 is 0 Å². The number of benzene rings is 2. The van der Waals surface area contributed by atoms with Crippen LogP contribution in [0.2, 0.25) is 0 Å². The smallest absolute Gasteiger partial charge is 0.306 e. The van der Waals surface area contributed by atoms with Crippen molar-refractivity contribution < 1.29 is 27.2 Å². The highest BCUT2D eigenvalue weighted by Gasteiger charge is 2.27. The number of carbonyl (C=O) groups is 2. The Balaban J connectivity index is 1.25. The van der Waals surface area contributed by atoms with Crippen LogP contribution in [0.3, 0.4) is 0 Å². The zero-order chi connectivity index (χ0) is 23.3. The number of aromatic nitrogens is 1. The molecule has 4 rings (SSSR count). The third-order valence-corrected chi connectivity index (χ3v) is 7.31. The van der Waals surface area contributed by atoms with E-state index in [1.807, 2.05) is 30.3 Å². The third kappa shape index (κ3) is 5.55. The summed E-state index contributed by atoms with van der Waals surface area (Å²) in [5.41, 5.74) is 1.17. The van der Waals surface area contributed by atoms with Gasteiger partial charge in [0, 0.05) is 30.6 Å². The lowest BCUT2D eigenvalue weighted by Gasteiger charge is -2.15. The number of Topliss-reactive ketones (excluding diaryl/α,β-unsaturated/α-hetero) is 1. The second kappa shape index (κ2) is 10.1. The van der Waals surface area contributed by atoms with Gasteiger partial charge in [0.15, 0.2) is 24.0 Å². The highest BCUT2D eigenvalue weighted by molar-refractivity contribution is 7.89. The summed E-state index contributed by atoms with van der Waals surface area (Å²) >= 11 is 0. The van der Waals surface area contributed by atoms with Crippen molar-refractivity contribution in [3.8, 4) is 11.3 Å². The first-order valence-corrected chi connectivity index (χ1v) is 12.2. The molecular weight excluding hydrogens is 444 g/mol. The summed E-state index contributed by atoms with van der Waals surface area (Å²) in [5.74, 6) is 0.0725. The molecule has 0 atom stereocenters. The number of esters is 1. The van der Waals surface area contributed by atoms with Crippen molar-refractivity contribution in [3.63, 3.8) is 0 Å². The zero-order valence-corrected chi connectivity index (χ0v) is 18.8. The van der Waals surface area contributed by atoms with Gasteiger partial charge in [0.05, 0.1) is 17.5 Å². The number of nitrogens with zero attached hydrogens (tertiary/aromatic N) is 2. The van der Waals surface area contributed by atoms with Crippen molar-refractivity contribution in [3.05, 3.63) is 72.2 Å². The standard InChI is InChI=1S/C24H24N2O6S/c27-21(18-8-10-20(11-9-18)33(29,30)26-14-4-5-15-26)17-31-24(28)13-12-23-25-16-22(32-23)19-6-2-1-3-7-19/h1-3,6-11,16H,4-5,12-15,17H2. The molecule has 8 nitrogen and oxygen atoms in total. The number of hydrogen-bond donors (Lipinski definition) is 0. The highest BCUT2D eigenvalue weighted by atomic mass is 32.2. The Labute approximate surface area is 192 Å². The number of ketones is 1. The van der Waals surface area contributed by atoms with Gasteiger partial charge >= 0.3 is 5.97 Å². The first-order valence-electron chi connectivity index (χ1n) is 10.7. The topological polar surface area (TPSA) is 107 Å². The normalized spacial score (nSPS) is 14.3. The van der Waals surface area contributed by atoms with Crippen molar-refractivity contribution in [1.82, 2.24) is 9.29 Å². The van der Waals surface area contributed by atoms with Crippen LogP contribution in [0.25, 0.3) is 11.3 Å². The van der Waals surface area contributed by atoms with Gasteiger partial charge in [0.1, 0.15) is 0 Å². The Morgan fingerprint density at radius 2 is 1.70 bits per heavy atom. The molecule has 1 aromatic heterocycles. The molecule has 1 aliphatic rings. The lowest BCUT2D eigenvalue weighted by Crippen LogP contribution is -2.27. The summed E-state index contributed by atoms with van der Waals surface area (Å²) in [6.45, 7) is 0.609. The number of carbonyl (C=O) groups excluding carboxylic acids is 2. The van der Waals surface area contributed by atoms with Crippen LogP contribution in [0, 0.1) is 0 Å². The molecule has 33 heavy (non-hydrogen) atoms. The SMILES string of the molecule is O=C(CCc1ncc(-c2ccccc2)o1)OCC(=O)c1ccc(S(=O)(=O)N2CCCC2)cc1. The molecule has 2 heterocycles. The van der Waals surface area contributed by atoms with E-state index in [0.717, 1.165) is 18.4 Å². The molecule has 3 aromatic rings. The summed E-state index contributed by atoms with van der Waals surface area (Å²) in [6.07, 6.45) is 3.59. The summed E-state index contributed by atoms with van der Waals surface area (Å²) in [5, 5.41) is 0. The summed E-state index contributed by atoms with van der Waals surface area (Å²) in [4.78, 5) is 28.7. The van der Waals surface area contributed by atoms with Gasteiger partial charge in [0.25, 0.3) is 0 Å². The number of hydrogen-bond acceptors (Lipinski definition) is 7. The van der Waals surface area contributed by atoms with E-state index in [1.54, 1.807) is 6.20 Å². The summed E-state index contributed by atoms with van der Waals surface area (Å²) < 4.78 is 37.3. The molecule has 9 heteroatoms. The van der Waals surface area contributed by atoms with Crippen molar-refractivity contribution in [2.75, 3.05) is 19.7 Å². The zero-order valence-electron chi connectivity index (χ0n) is 18.0. The maximum atomic E-state index is 12.6. The molecule has 0 spiro atoms. The maximum absolute atomic E-state index is 12.6. The Bertz CT molecular complexity index is 1210. The van der Waals surface area contributed by atoms with Gasteiger partial charge in [-0.2, -0.15) is 4.31 Å². The van der Waals surface area contributed by atoms with Crippen LogP contribution in [-0.2, 0) is 26.0 Å². The van der Waals surface area contributed by atoms with Gasteiger partial charge in [-0.15, -0.1) is 0 Å². The molecule has 172 valence electrons. The molecule has 0 N–H and O–H groups in total. The van der Waals surface area contributed by atoms with Crippen molar-refractivity contribution in [2.45, 2.75) is 30.6 Å². The van der Waals surface area contributed by atoms with Crippen LogP contribution in [0.15, 0.2) is 70.1 Å². The van der Waals surface area contributed by atoms with Crippen LogP contribution in [0.1, 0.15) is 35.5 Å². The summed E-state index contributed by atoms with van der Waals surface area (Å²) in [6, 6.07) is 15.2. The number of rotatable bonds is 9. The molecule has 0 radical (unpaired) electrons. The van der Waals surface area contributed by atoms with E-state index < -0.39 is 28.4 Å². The number of sulfonamides is 1. The van der Waals surface area contributed by atoms with E-state index in [9.17, 15) is 18.0 Å². The fourth-order valence-electron chi connectivity index (χ4n) is 3.56. The molecule has 2 aromatic carbocycles. The monoisotopic (exact) mass is 468 g/mol. The van der Waals surface area contributed by atoms with Gasteiger partial charge in [-0.05, 0) is 37.1 Å². The second-order valence-corrected chi connectivity index (χ2v) is 9.64. The number of ether oxygens (including phenoxy) is 1. The average Bonchev–Trinajstić information content (AvgIpc) is 3.55. The van der Waals surface area contributed by atoms with Crippen molar-refractivity contribution >= 4 is 21.8 Å². The van der Waals surface area contributed by atoms with Gasteiger partial charge in [0.2, 0.25) is 10.0 Å². The van der Waals surface area contributed by atoms with Gasteiger partial charge in [-0.1, -0.05) is 30.3 Å². The second-order valence-electron chi connectivity index (χ2n) is 7.70. The minimum absolute atomic E-state index is 0.0229. The molecule has 0 saturated carbocycles. The summed E-state index contributed by atoms with van der Waals surface area (Å²) in [7, 11) is -3.53. The third-order valence-electron chi connectivity index (χ3n) is 5.40. The molecule has 0 bridgehead atoms. The van der Waals surface area contributed by atoms with E-state index in [-0.39, 0.29) is 23.3 Å². The molecular formula is C24H24N2O6S. The first kappa shape index (κ1) is 22.9. The Morgan fingerprint density at radius 3 is 2.39 bits per heavy atom. The maximum Gasteiger partial charge on any atom is 0.306 e. The van der Waals surface area contributed by atoms with Crippen LogP contribution in [-0.4, -0.2) is 49.2 Å². The van der Waals surface area contributed by atoms with Gasteiger partial charge in [-0.3, -0.25) is 9.59 Å². The van der Waals surface area contributed by atoms with Gasteiger partial charge in [-0.25, -0.2) is 13.4 Å². The van der Waals surface area contributed by atoms with E-state index in [4.69, 9.17) is 9.15 Å². The average molecular weight is 469 g/mol. The Hall–Kier alpha value is -3.30. The van der Waals surface area contributed by atoms with Crippen LogP contribution < -0.4 is 0 Å². The van der Waals surface area contributed by atoms with Crippen LogP contribution in [0.5, 0.6) is 0 Å². The van der Waals surface area contributed by atoms with E-state index in [1.165, 1.54) is 28.6 Å². The van der Waals surface area contributed by atoms with E-state index >= 15 is 0 Å². The quantitative estimate of drug-likeness (QED) is 0.349. The van der Waals surface area contributed by atoms with Gasteiger partial charge < -0.3 is 9.15 Å².